The summed E-state index contributed by atoms with van der Waals surface area (Å²) in [5.74, 6) is 1.03. The highest BCUT2D eigenvalue weighted by molar-refractivity contribution is 9.10. The van der Waals surface area contributed by atoms with E-state index >= 15 is 0 Å². The molecule has 0 radical (unpaired) electrons. The van der Waals surface area contributed by atoms with E-state index < -0.39 is 0 Å². The fourth-order valence-electron chi connectivity index (χ4n) is 2.08. The molecule has 4 heteroatoms. The van der Waals surface area contributed by atoms with E-state index in [-0.39, 0.29) is 0 Å². The Morgan fingerprint density at radius 1 is 1.67 bits per heavy atom. The monoisotopic (exact) mass is 272 g/mol. The van der Waals surface area contributed by atoms with E-state index in [1.807, 2.05) is 13.1 Å². The van der Waals surface area contributed by atoms with Gasteiger partial charge in [-0.25, -0.2) is 0 Å². The molecule has 2 rings (SSSR count). The van der Waals surface area contributed by atoms with Crippen LogP contribution in [0.1, 0.15) is 18.6 Å². The second-order valence-electron chi connectivity index (χ2n) is 4.05. The maximum Gasteiger partial charge on any atom is 0.131 e. The summed E-state index contributed by atoms with van der Waals surface area (Å²) < 4.78 is 6.50. The minimum atomic E-state index is 0.632. The molecule has 0 bridgehead atoms. The topological polar surface area (TPSA) is 28.4 Å². The number of rotatable bonds is 3. The average molecular weight is 273 g/mol. The first-order chi connectivity index (χ1) is 7.29. The van der Waals surface area contributed by atoms with Crippen molar-refractivity contribution < 1.29 is 4.42 Å². The van der Waals surface area contributed by atoms with E-state index in [0.717, 1.165) is 23.3 Å². The van der Waals surface area contributed by atoms with Crippen LogP contribution in [0.15, 0.2) is 21.2 Å². The average Bonchev–Trinajstić information content (AvgIpc) is 2.65. The number of likely N-dealkylation sites (tertiary alicyclic amines) is 1. The van der Waals surface area contributed by atoms with Crippen molar-refractivity contribution in [3.8, 4) is 0 Å². The standard InChI is InChI=1S/C11H17BrN2O/c1-13-9-3-2-5-14(7-9)8-11-10(12)4-6-15-11/h4,6,9,13H,2-3,5,7-8H2,1H3. The Labute approximate surface area is 99.0 Å². The maximum absolute atomic E-state index is 5.43. The van der Waals surface area contributed by atoms with Crippen LogP contribution in [-0.2, 0) is 6.54 Å². The Balaban J connectivity index is 1.92. The molecule has 1 N–H and O–H groups in total. The molecule has 1 aliphatic rings. The second kappa shape index (κ2) is 5.14. The molecule has 1 aromatic rings. The van der Waals surface area contributed by atoms with E-state index in [2.05, 4.69) is 26.1 Å². The summed E-state index contributed by atoms with van der Waals surface area (Å²) in [5.41, 5.74) is 0. The van der Waals surface area contributed by atoms with Crippen LogP contribution in [0.3, 0.4) is 0 Å². The van der Waals surface area contributed by atoms with Gasteiger partial charge in [0.05, 0.1) is 17.3 Å². The van der Waals surface area contributed by atoms with Gasteiger partial charge in [0.1, 0.15) is 5.76 Å². The number of hydrogen-bond acceptors (Lipinski definition) is 3. The molecule has 15 heavy (non-hydrogen) atoms. The molecule has 3 nitrogen and oxygen atoms in total. The summed E-state index contributed by atoms with van der Waals surface area (Å²) in [6.45, 7) is 3.20. The van der Waals surface area contributed by atoms with E-state index in [1.54, 1.807) is 6.26 Å². The minimum Gasteiger partial charge on any atom is -0.467 e. The van der Waals surface area contributed by atoms with Crippen LogP contribution in [-0.4, -0.2) is 31.1 Å². The number of halogens is 1. The molecule has 1 saturated heterocycles. The molecule has 1 atom stereocenters. The second-order valence-corrected chi connectivity index (χ2v) is 4.91. The summed E-state index contributed by atoms with van der Waals surface area (Å²) in [7, 11) is 2.04. The molecule has 2 heterocycles. The van der Waals surface area contributed by atoms with Gasteiger partial charge >= 0.3 is 0 Å². The quantitative estimate of drug-likeness (QED) is 0.915. The third-order valence-electron chi connectivity index (χ3n) is 2.97. The largest absolute Gasteiger partial charge is 0.467 e. The number of piperidine rings is 1. The first-order valence-electron chi connectivity index (χ1n) is 5.41. The Morgan fingerprint density at radius 3 is 3.20 bits per heavy atom. The third-order valence-corrected chi connectivity index (χ3v) is 3.68. The predicted molar refractivity (Wildman–Crippen MR) is 63.8 cm³/mol. The lowest BCUT2D eigenvalue weighted by atomic mass is 10.1. The van der Waals surface area contributed by atoms with Crippen LogP contribution >= 0.6 is 15.9 Å². The van der Waals surface area contributed by atoms with Crippen LogP contribution in [0.5, 0.6) is 0 Å². The fourth-order valence-corrected chi connectivity index (χ4v) is 2.40. The minimum absolute atomic E-state index is 0.632. The van der Waals surface area contributed by atoms with Crippen molar-refractivity contribution in [3.05, 3.63) is 22.6 Å². The summed E-state index contributed by atoms with van der Waals surface area (Å²) in [4.78, 5) is 2.44. The molecule has 84 valence electrons. The van der Waals surface area contributed by atoms with Gasteiger partial charge in [0.25, 0.3) is 0 Å². The van der Waals surface area contributed by atoms with Crippen molar-refractivity contribution >= 4 is 15.9 Å². The van der Waals surface area contributed by atoms with Gasteiger partial charge in [-0.2, -0.15) is 0 Å². The van der Waals surface area contributed by atoms with E-state index in [0.29, 0.717) is 6.04 Å². The van der Waals surface area contributed by atoms with Crippen molar-refractivity contribution in [2.75, 3.05) is 20.1 Å². The molecular weight excluding hydrogens is 256 g/mol. The van der Waals surface area contributed by atoms with Gasteiger partial charge in [-0.05, 0) is 48.4 Å². The first-order valence-corrected chi connectivity index (χ1v) is 6.20. The van der Waals surface area contributed by atoms with Gasteiger partial charge in [-0.15, -0.1) is 0 Å². The van der Waals surface area contributed by atoms with Crippen molar-refractivity contribution in [3.63, 3.8) is 0 Å². The normalized spacial score (nSPS) is 23.2. The van der Waals surface area contributed by atoms with Gasteiger partial charge in [-0.3, -0.25) is 4.90 Å². The number of nitrogens with zero attached hydrogens (tertiary/aromatic N) is 1. The van der Waals surface area contributed by atoms with Gasteiger partial charge in [-0.1, -0.05) is 0 Å². The SMILES string of the molecule is CNC1CCCN(Cc2occc2Br)C1. The zero-order valence-electron chi connectivity index (χ0n) is 9.00. The fraction of sp³-hybridized carbons (Fsp3) is 0.636. The maximum atomic E-state index is 5.43. The van der Waals surface area contributed by atoms with E-state index in [1.165, 1.54) is 19.4 Å². The summed E-state index contributed by atoms with van der Waals surface area (Å²) >= 11 is 3.49. The van der Waals surface area contributed by atoms with Crippen molar-refractivity contribution in [2.45, 2.75) is 25.4 Å². The van der Waals surface area contributed by atoms with Crippen LogP contribution in [0.25, 0.3) is 0 Å². The number of nitrogens with one attached hydrogen (secondary N) is 1. The molecule has 1 unspecified atom stereocenters. The first kappa shape index (κ1) is 11.2. The summed E-state index contributed by atoms with van der Waals surface area (Å²) in [5, 5.41) is 3.34. The number of hydrogen-bond donors (Lipinski definition) is 1. The van der Waals surface area contributed by atoms with Crippen LogP contribution in [0.2, 0.25) is 0 Å². The Hall–Kier alpha value is -0.320. The number of likely N-dealkylation sites (N-methyl/N-ethyl adjacent to an activating group) is 1. The molecule has 0 aromatic carbocycles. The van der Waals surface area contributed by atoms with Crippen LogP contribution in [0.4, 0.5) is 0 Å². The molecule has 1 fully saturated rings. The van der Waals surface area contributed by atoms with Crippen molar-refractivity contribution in [2.24, 2.45) is 0 Å². The smallest absolute Gasteiger partial charge is 0.131 e. The van der Waals surface area contributed by atoms with Crippen LogP contribution < -0.4 is 5.32 Å². The molecule has 1 aromatic heterocycles. The lowest BCUT2D eigenvalue weighted by Gasteiger charge is -2.31. The molecular formula is C11H17BrN2O. The highest BCUT2D eigenvalue weighted by atomic mass is 79.9. The predicted octanol–water partition coefficient (Wildman–Crippen LogP) is 2.23. The van der Waals surface area contributed by atoms with Crippen LogP contribution in [0, 0.1) is 0 Å². The zero-order valence-corrected chi connectivity index (χ0v) is 10.6. The van der Waals surface area contributed by atoms with Gasteiger partial charge in [0.2, 0.25) is 0 Å². The third kappa shape index (κ3) is 2.83. The highest BCUT2D eigenvalue weighted by Gasteiger charge is 2.19. The van der Waals surface area contributed by atoms with Crippen molar-refractivity contribution in [1.29, 1.82) is 0 Å². The van der Waals surface area contributed by atoms with Crippen molar-refractivity contribution in [1.82, 2.24) is 10.2 Å². The van der Waals surface area contributed by atoms with Gasteiger partial charge < -0.3 is 9.73 Å². The Morgan fingerprint density at radius 2 is 2.53 bits per heavy atom. The Bertz CT molecular complexity index is 313. The summed E-state index contributed by atoms with van der Waals surface area (Å²) in [6.07, 6.45) is 4.29. The van der Waals surface area contributed by atoms with Gasteiger partial charge in [0.15, 0.2) is 0 Å². The Kier molecular flexibility index (Phi) is 3.83. The highest BCUT2D eigenvalue weighted by Crippen LogP contribution is 2.21. The molecule has 0 aliphatic carbocycles. The summed E-state index contributed by atoms with van der Waals surface area (Å²) in [6, 6.07) is 2.59. The number of furan rings is 1. The molecule has 0 spiro atoms. The molecule has 0 saturated carbocycles. The van der Waals surface area contributed by atoms with Gasteiger partial charge in [0, 0.05) is 12.6 Å². The lowest BCUT2D eigenvalue weighted by Crippen LogP contribution is -2.43. The van der Waals surface area contributed by atoms with E-state index in [4.69, 9.17) is 4.42 Å². The molecule has 1 aliphatic heterocycles. The lowest BCUT2D eigenvalue weighted by molar-refractivity contribution is 0.175. The zero-order chi connectivity index (χ0) is 10.7. The van der Waals surface area contributed by atoms with E-state index in [9.17, 15) is 0 Å². The molecule has 0 amide bonds.